The Balaban J connectivity index is 1.37. The standard InChI is InChI=1S/C18H16N2O4S/c21-17(6-7-22-12-4-2-1-3-5-12)20-18-19-13-10-14-15(11-16(13)25-18)24-9-8-23-14/h1-5,10-11H,6-9H2,(H,19,20,21). The molecule has 25 heavy (non-hydrogen) atoms. The molecule has 2 aromatic carbocycles. The molecule has 0 unspecified atom stereocenters. The number of amides is 1. The van der Waals surface area contributed by atoms with Gasteiger partial charge in [-0.25, -0.2) is 4.98 Å². The number of nitrogens with zero attached hydrogens (tertiary/aromatic N) is 1. The van der Waals surface area contributed by atoms with E-state index in [-0.39, 0.29) is 12.3 Å². The summed E-state index contributed by atoms with van der Waals surface area (Å²) in [5.74, 6) is 2.03. The third kappa shape index (κ3) is 3.66. The molecule has 7 heteroatoms. The van der Waals surface area contributed by atoms with Crippen LogP contribution in [-0.2, 0) is 4.79 Å². The minimum atomic E-state index is -0.132. The number of hydrogen-bond acceptors (Lipinski definition) is 6. The van der Waals surface area contributed by atoms with Crippen LogP contribution in [0.4, 0.5) is 5.13 Å². The summed E-state index contributed by atoms with van der Waals surface area (Å²) in [6.45, 7) is 1.40. The topological polar surface area (TPSA) is 69.7 Å². The van der Waals surface area contributed by atoms with Gasteiger partial charge in [-0.3, -0.25) is 4.79 Å². The molecule has 1 amide bonds. The second-order valence-electron chi connectivity index (χ2n) is 5.44. The first-order chi connectivity index (χ1) is 12.3. The average molecular weight is 356 g/mol. The highest BCUT2D eigenvalue weighted by Gasteiger charge is 2.16. The van der Waals surface area contributed by atoms with Crippen LogP contribution in [0.3, 0.4) is 0 Å². The molecular formula is C18H16N2O4S. The van der Waals surface area contributed by atoms with Gasteiger partial charge in [0.15, 0.2) is 16.6 Å². The second kappa shape index (κ2) is 6.98. The van der Waals surface area contributed by atoms with Gasteiger partial charge in [0.1, 0.15) is 19.0 Å². The molecule has 0 atom stereocenters. The highest BCUT2D eigenvalue weighted by Crippen LogP contribution is 2.37. The molecule has 2 heterocycles. The number of anilines is 1. The van der Waals surface area contributed by atoms with Crippen molar-refractivity contribution in [2.75, 3.05) is 25.1 Å². The van der Waals surface area contributed by atoms with Crippen molar-refractivity contribution >= 4 is 32.6 Å². The summed E-state index contributed by atoms with van der Waals surface area (Å²) in [5.41, 5.74) is 0.782. The minimum absolute atomic E-state index is 0.132. The molecule has 1 aliphatic heterocycles. The van der Waals surface area contributed by atoms with Gasteiger partial charge in [-0.1, -0.05) is 29.5 Å². The maximum atomic E-state index is 12.1. The van der Waals surface area contributed by atoms with Crippen LogP contribution in [0.5, 0.6) is 17.2 Å². The number of aromatic nitrogens is 1. The fourth-order valence-corrected chi connectivity index (χ4v) is 3.37. The summed E-state index contributed by atoms with van der Waals surface area (Å²) < 4.78 is 17.6. The number of nitrogens with one attached hydrogen (secondary N) is 1. The lowest BCUT2D eigenvalue weighted by atomic mass is 10.3. The van der Waals surface area contributed by atoms with Gasteiger partial charge in [-0.05, 0) is 12.1 Å². The van der Waals surface area contributed by atoms with Crippen molar-refractivity contribution in [2.45, 2.75) is 6.42 Å². The monoisotopic (exact) mass is 356 g/mol. The van der Waals surface area contributed by atoms with E-state index < -0.39 is 0 Å². The number of ether oxygens (including phenoxy) is 3. The van der Waals surface area contributed by atoms with E-state index in [0.717, 1.165) is 21.7 Å². The van der Waals surface area contributed by atoms with Crippen LogP contribution in [0, 0.1) is 0 Å². The number of carbonyl (C=O) groups is 1. The first kappa shape index (κ1) is 15.7. The maximum absolute atomic E-state index is 12.1. The van der Waals surface area contributed by atoms with E-state index in [4.69, 9.17) is 14.2 Å². The molecule has 6 nitrogen and oxygen atoms in total. The van der Waals surface area contributed by atoms with Gasteiger partial charge < -0.3 is 19.5 Å². The fourth-order valence-electron chi connectivity index (χ4n) is 2.48. The van der Waals surface area contributed by atoms with Crippen LogP contribution >= 0.6 is 11.3 Å². The van der Waals surface area contributed by atoms with Gasteiger partial charge in [0, 0.05) is 12.1 Å². The molecule has 0 fully saturated rings. The number of benzene rings is 2. The van der Waals surface area contributed by atoms with Crippen LogP contribution in [0.2, 0.25) is 0 Å². The predicted molar refractivity (Wildman–Crippen MR) is 95.8 cm³/mol. The van der Waals surface area contributed by atoms with Crippen molar-refractivity contribution in [1.82, 2.24) is 4.98 Å². The third-order valence-electron chi connectivity index (χ3n) is 3.64. The third-order valence-corrected chi connectivity index (χ3v) is 4.57. The Morgan fingerprint density at radius 2 is 1.92 bits per heavy atom. The number of para-hydroxylation sites is 1. The smallest absolute Gasteiger partial charge is 0.229 e. The van der Waals surface area contributed by atoms with Crippen molar-refractivity contribution in [3.8, 4) is 17.2 Å². The second-order valence-corrected chi connectivity index (χ2v) is 6.47. The predicted octanol–water partition coefficient (Wildman–Crippen LogP) is 3.48. The maximum Gasteiger partial charge on any atom is 0.229 e. The van der Waals surface area contributed by atoms with E-state index >= 15 is 0 Å². The zero-order chi connectivity index (χ0) is 17.1. The van der Waals surface area contributed by atoms with E-state index in [1.54, 1.807) is 0 Å². The largest absolute Gasteiger partial charge is 0.493 e. The normalized spacial score (nSPS) is 12.8. The lowest BCUT2D eigenvalue weighted by Crippen LogP contribution is -2.15. The van der Waals surface area contributed by atoms with Gasteiger partial charge in [0.05, 0.1) is 23.2 Å². The van der Waals surface area contributed by atoms with Gasteiger partial charge in [-0.2, -0.15) is 0 Å². The lowest BCUT2D eigenvalue weighted by Gasteiger charge is -2.17. The molecule has 128 valence electrons. The molecular weight excluding hydrogens is 340 g/mol. The van der Waals surface area contributed by atoms with Crippen LogP contribution < -0.4 is 19.5 Å². The quantitative estimate of drug-likeness (QED) is 0.758. The zero-order valence-corrected chi connectivity index (χ0v) is 14.2. The molecule has 1 aromatic heterocycles. The molecule has 4 rings (SSSR count). The van der Waals surface area contributed by atoms with Crippen LogP contribution in [-0.4, -0.2) is 30.7 Å². The van der Waals surface area contributed by atoms with E-state index in [9.17, 15) is 4.79 Å². The Hall–Kier alpha value is -2.80. The van der Waals surface area contributed by atoms with Gasteiger partial charge in [-0.15, -0.1) is 0 Å². The molecule has 0 radical (unpaired) electrons. The number of thiazole rings is 1. The van der Waals surface area contributed by atoms with Crippen molar-refractivity contribution in [2.24, 2.45) is 0 Å². The Kier molecular flexibility index (Phi) is 4.39. The SMILES string of the molecule is O=C(CCOc1ccccc1)Nc1nc2cc3c(cc2s1)OCCO3. The summed E-state index contributed by atoms with van der Waals surface area (Å²) in [4.78, 5) is 16.5. The van der Waals surface area contributed by atoms with Gasteiger partial charge in [0.25, 0.3) is 0 Å². The molecule has 3 aromatic rings. The Labute approximate surface area is 148 Å². The first-order valence-corrected chi connectivity index (χ1v) is 8.77. The van der Waals surface area contributed by atoms with E-state index in [1.807, 2.05) is 42.5 Å². The molecule has 1 aliphatic rings. The molecule has 0 spiro atoms. The van der Waals surface area contributed by atoms with Crippen molar-refractivity contribution in [1.29, 1.82) is 0 Å². The summed E-state index contributed by atoms with van der Waals surface area (Å²) in [7, 11) is 0. The molecule has 0 bridgehead atoms. The van der Waals surface area contributed by atoms with Crippen molar-refractivity contribution in [3.05, 3.63) is 42.5 Å². The summed E-state index contributed by atoms with van der Waals surface area (Å²) in [6, 6.07) is 13.2. The van der Waals surface area contributed by atoms with Crippen molar-refractivity contribution < 1.29 is 19.0 Å². The van der Waals surface area contributed by atoms with Gasteiger partial charge in [0.2, 0.25) is 5.91 Å². The number of carbonyl (C=O) groups excluding carboxylic acids is 1. The van der Waals surface area contributed by atoms with Crippen LogP contribution in [0.15, 0.2) is 42.5 Å². The first-order valence-electron chi connectivity index (χ1n) is 7.96. The Bertz CT molecular complexity index is 852. The lowest BCUT2D eigenvalue weighted by molar-refractivity contribution is -0.116. The van der Waals surface area contributed by atoms with Crippen molar-refractivity contribution in [3.63, 3.8) is 0 Å². The van der Waals surface area contributed by atoms with Crippen LogP contribution in [0.25, 0.3) is 10.2 Å². The molecule has 0 aliphatic carbocycles. The Morgan fingerprint density at radius 3 is 2.72 bits per heavy atom. The zero-order valence-electron chi connectivity index (χ0n) is 13.4. The van der Waals surface area contributed by atoms with Crippen LogP contribution in [0.1, 0.15) is 6.42 Å². The highest BCUT2D eigenvalue weighted by atomic mass is 32.1. The average Bonchev–Trinajstić information content (AvgIpc) is 3.01. The fraction of sp³-hybridized carbons (Fsp3) is 0.222. The van der Waals surface area contributed by atoms with Gasteiger partial charge >= 0.3 is 0 Å². The summed E-state index contributed by atoms with van der Waals surface area (Å²) in [6.07, 6.45) is 0.257. The molecule has 0 saturated carbocycles. The summed E-state index contributed by atoms with van der Waals surface area (Å²) >= 11 is 1.41. The van der Waals surface area contributed by atoms with E-state index in [0.29, 0.717) is 30.7 Å². The number of fused-ring (bicyclic) bond motifs is 2. The molecule has 0 saturated heterocycles. The highest BCUT2D eigenvalue weighted by molar-refractivity contribution is 7.22. The van der Waals surface area contributed by atoms with E-state index in [1.165, 1.54) is 11.3 Å². The number of rotatable bonds is 5. The Morgan fingerprint density at radius 1 is 1.16 bits per heavy atom. The number of hydrogen-bond donors (Lipinski definition) is 1. The summed E-state index contributed by atoms with van der Waals surface area (Å²) in [5, 5.41) is 3.37. The minimum Gasteiger partial charge on any atom is -0.493 e. The van der Waals surface area contributed by atoms with E-state index in [2.05, 4.69) is 10.3 Å². The molecule has 1 N–H and O–H groups in total.